The van der Waals surface area contributed by atoms with E-state index in [9.17, 15) is 4.79 Å². The van der Waals surface area contributed by atoms with Gasteiger partial charge in [-0.2, -0.15) is 0 Å². The fourth-order valence-corrected chi connectivity index (χ4v) is 4.16. The molecule has 1 fully saturated rings. The van der Waals surface area contributed by atoms with E-state index in [1.54, 1.807) is 4.90 Å². The van der Waals surface area contributed by atoms with E-state index < -0.39 is 0 Å². The second-order valence-corrected chi connectivity index (χ2v) is 7.85. The Morgan fingerprint density at radius 2 is 2.00 bits per heavy atom. The van der Waals surface area contributed by atoms with Crippen LogP contribution < -0.4 is 9.47 Å². The lowest BCUT2D eigenvalue weighted by atomic mass is 10.0. The average molecular weight is 401 g/mol. The molecule has 5 nitrogen and oxygen atoms in total. The molecule has 4 rings (SSSR count). The highest BCUT2D eigenvalue weighted by Crippen LogP contribution is 2.37. The van der Waals surface area contributed by atoms with Crippen LogP contribution in [0.2, 0.25) is 5.02 Å². The smallest absolute Gasteiger partial charge is 0.236 e. The number of fused-ring (bicyclic) bond motifs is 1. The van der Waals surface area contributed by atoms with Crippen LogP contribution in [0.25, 0.3) is 0 Å². The molecule has 1 amide bonds. The van der Waals surface area contributed by atoms with Crippen LogP contribution in [0.4, 0.5) is 0 Å². The molecule has 148 valence electrons. The minimum atomic E-state index is 0.115. The first-order chi connectivity index (χ1) is 13.6. The van der Waals surface area contributed by atoms with Gasteiger partial charge in [0, 0.05) is 24.7 Å². The molecule has 0 bridgehead atoms. The number of rotatable bonds is 5. The Kier molecular flexibility index (Phi) is 5.74. The van der Waals surface area contributed by atoms with Crippen LogP contribution in [0.3, 0.4) is 0 Å². The maximum atomic E-state index is 12.8. The molecule has 0 aliphatic carbocycles. The molecule has 0 N–H and O–H groups in total. The lowest BCUT2D eigenvalue weighted by Crippen LogP contribution is -2.37. The third-order valence-corrected chi connectivity index (χ3v) is 5.62. The zero-order valence-corrected chi connectivity index (χ0v) is 16.8. The number of nitrogens with zero attached hydrogens (tertiary/aromatic N) is 2. The van der Waals surface area contributed by atoms with Crippen molar-refractivity contribution >= 4 is 17.5 Å². The van der Waals surface area contributed by atoms with E-state index in [1.807, 2.05) is 37.4 Å². The molecular weight excluding hydrogens is 376 g/mol. The molecule has 0 spiro atoms. The Morgan fingerprint density at radius 3 is 2.82 bits per heavy atom. The topological polar surface area (TPSA) is 42.0 Å². The standard InChI is InChI=1S/C22H25ClN2O3/c1-24(14-16-4-2-5-18(23)12-16)22(26)15-25-9-3-6-19(25)17-7-8-20-21(13-17)28-11-10-27-20/h2,4-5,7-8,12-13,19H,3,6,9-11,14-15H2,1H3/t19-/m0/s1. The van der Waals surface area contributed by atoms with Gasteiger partial charge < -0.3 is 14.4 Å². The Balaban J connectivity index is 1.41. The molecule has 2 aromatic rings. The van der Waals surface area contributed by atoms with Crippen LogP contribution in [0, 0.1) is 0 Å². The van der Waals surface area contributed by atoms with Gasteiger partial charge in [-0.15, -0.1) is 0 Å². The minimum absolute atomic E-state index is 0.115. The van der Waals surface area contributed by atoms with E-state index >= 15 is 0 Å². The van der Waals surface area contributed by atoms with Crippen molar-refractivity contribution < 1.29 is 14.3 Å². The molecule has 0 saturated carbocycles. The minimum Gasteiger partial charge on any atom is -0.486 e. The van der Waals surface area contributed by atoms with Crippen LogP contribution in [-0.4, -0.2) is 49.1 Å². The number of hydrogen-bond acceptors (Lipinski definition) is 4. The third-order valence-electron chi connectivity index (χ3n) is 5.39. The zero-order chi connectivity index (χ0) is 19.5. The van der Waals surface area contributed by atoms with Gasteiger partial charge in [-0.1, -0.05) is 29.8 Å². The SMILES string of the molecule is CN(Cc1cccc(Cl)c1)C(=O)CN1CCC[C@H]1c1ccc2c(c1)OCCO2. The predicted molar refractivity (Wildman–Crippen MR) is 109 cm³/mol. The summed E-state index contributed by atoms with van der Waals surface area (Å²) in [6, 6.07) is 14.0. The highest BCUT2D eigenvalue weighted by atomic mass is 35.5. The molecule has 6 heteroatoms. The Hall–Kier alpha value is -2.24. The molecule has 2 heterocycles. The van der Waals surface area contributed by atoms with E-state index in [0.29, 0.717) is 31.3 Å². The van der Waals surface area contributed by atoms with Gasteiger partial charge in [0.1, 0.15) is 13.2 Å². The molecule has 2 aromatic carbocycles. The van der Waals surface area contributed by atoms with Crippen molar-refractivity contribution in [1.82, 2.24) is 9.80 Å². The Morgan fingerprint density at radius 1 is 1.18 bits per heavy atom. The number of benzene rings is 2. The van der Waals surface area contributed by atoms with Gasteiger partial charge in [-0.25, -0.2) is 0 Å². The van der Waals surface area contributed by atoms with Gasteiger partial charge >= 0.3 is 0 Å². The molecule has 28 heavy (non-hydrogen) atoms. The van der Waals surface area contributed by atoms with Gasteiger partial charge in [0.15, 0.2) is 11.5 Å². The summed E-state index contributed by atoms with van der Waals surface area (Å²) in [5.74, 6) is 1.72. The lowest BCUT2D eigenvalue weighted by molar-refractivity contribution is -0.131. The molecule has 0 radical (unpaired) electrons. The predicted octanol–water partition coefficient (Wildman–Crippen LogP) is 3.91. The van der Waals surface area contributed by atoms with Crippen molar-refractivity contribution in [2.24, 2.45) is 0 Å². The van der Waals surface area contributed by atoms with Crippen LogP contribution in [0.1, 0.15) is 30.0 Å². The fourth-order valence-electron chi connectivity index (χ4n) is 3.95. The molecule has 0 unspecified atom stereocenters. The summed E-state index contributed by atoms with van der Waals surface area (Å²) >= 11 is 6.05. The number of ether oxygens (including phenoxy) is 2. The highest BCUT2D eigenvalue weighted by Gasteiger charge is 2.29. The van der Waals surface area contributed by atoms with Crippen LogP contribution in [0.5, 0.6) is 11.5 Å². The van der Waals surface area contributed by atoms with Crippen molar-refractivity contribution in [2.75, 3.05) is 33.4 Å². The first-order valence-electron chi connectivity index (χ1n) is 9.72. The Bertz CT molecular complexity index is 857. The fraction of sp³-hybridized carbons (Fsp3) is 0.409. The molecule has 2 aliphatic heterocycles. The summed E-state index contributed by atoms with van der Waals surface area (Å²) in [7, 11) is 1.85. The lowest BCUT2D eigenvalue weighted by Gasteiger charge is -2.28. The normalized spacial score (nSPS) is 18.9. The molecule has 1 saturated heterocycles. The van der Waals surface area contributed by atoms with Crippen molar-refractivity contribution in [3.8, 4) is 11.5 Å². The number of carbonyl (C=O) groups is 1. The highest BCUT2D eigenvalue weighted by molar-refractivity contribution is 6.30. The number of likely N-dealkylation sites (tertiary alicyclic amines) is 1. The van der Waals surface area contributed by atoms with E-state index in [4.69, 9.17) is 21.1 Å². The summed E-state index contributed by atoms with van der Waals surface area (Å²) in [5, 5.41) is 0.691. The van der Waals surface area contributed by atoms with Crippen molar-refractivity contribution in [3.63, 3.8) is 0 Å². The quantitative estimate of drug-likeness (QED) is 0.763. The summed E-state index contributed by atoms with van der Waals surface area (Å²) in [5.41, 5.74) is 2.22. The van der Waals surface area contributed by atoms with Crippen LogP contribution >= 0.6 is 11.6 Å². The summed E-state index contributed by atoms with van der Waals surface area (Å²) in [6.07, 6.45) is 2.13. The summed E-state index contributed by atoms with van der Waals surface area (Å²) in [6.45, 7) is 3.07. The zero-order valence-electron chi connectivity index (χ0n) is 16.1. The molecule has 2 aliphatic rings. The second-order valence-electron chi connectivity index (χ2n) is 7.41. The number of likely N-dealkylation sites (N-methyl/N-ethyl adjacent to an activating group) is 1. The van der Waals surface area contributed by atoms with E-state index in [-0.39, 0.29) is 11.9 Å². The van der Waals surface area contributed by atoms with Gasteiger partial charge in [-0.3, -0.25) is 9.69 Å². The monoisotopic (exact) mass is 400 g/mol. The molecular formula is C22H25ClN2O3. The van der Waals surface area contributed by atoms with Gasteiger partial charge in [0.2, 0.25) is 5.91 Å². The maximum absolute atomic E-state index is 12.8. The number of hydrogen-bond donors (Lipinski definition) is 0. The van der Waals surface area contributed by atoms with E-state index in [0.717, 1.165) is 36.4 Å². The molecule has 0 aromatic heterocycles. The second kappa shape index (κ2) is 8.41. The third kappa shape index (κ3) is 4.26. The van der Waals surface area contributed by atoms with Gasteiger partial charge in [0.25, 0.3) is 0 Å². The number of amides is 1. The van der Waals surface area contributed by atoms with Crippen molar-refractivity contribution in [2.45, 2.75) is 25.4 Å². The van der Waals surface area contributed by atoms with Gasteiger partial charge in [-0.05, 0) is 54.8 Å². The largest absolute Gasteiger partial charge is 0.486 e. The van der Waals surface area contributed by atoms with Gasteiger partial charge in [0.05, 0.1) is 6.54 Å². The van der Waals surface area contributed by atoms with Crippen LogP contribution in [-0.2, 0) is 11.3 Å². The van der Waals surface area contributed by atoms with Crippen molar-refractivity contribution in [3.05, 3.63) is 58.6 Å². The van der Waals surface area contributed by atoms with E-state index in [2.05, 4.69) is 17.0 Å². The molecule has 1 atom stereocenters. The first kappa shape index (κ1) is 19.1. The first-order valence-corrected chi connectivity index (χ1v) is 10.1. The number of halogens is 1. The average Bonchev–Trinajstić information content (AvgIpc) is 3.15. The van der Waals surface area contributed by atoms with Crippen molar-refractivity contribution in [1.29, 1.82) is 0 Å². The Labute approximate surface area is 170 Å². The maximum Gasteiger partial charge on any atom is 0.236 e. The van der Waals surface area contributed by atoms with E-state index in [1.165, 1.54) is 5.56 Å². The number of carbonyl (C=O) groups excluding carboxylic acids is 1. The summed E-state index contributed by atoms with van der Waals surface area (Å²) in [4.78, 5) is 16.8. The van der Waals surface area contributed by atoms with Crippen LogP contribution in [0.15, 0.2) is 42.5 Å². The summed E-state index contributed by atoms with van der Waals surface area (Å²) < 4.78 is 11.3.